The summed E-state index contributed by atoms with van der Waals surface area (Å²) in [6.45, 7) is 1.83. The molecular formula is C25H21N3O4. The third kappa shape index (κ3) is 6.77. The van der Waals surface area contributed by atoms with Crippen LogP contribution in [0.4, 0.5) is 5.69 Å². The van der Waals surface area contributed by atoms with E-state index in [4.69, 9.17) is 4.74 Å². The zero-order valence-electron chi connectivity index (χ0n) is 17.3. The first-order valence-electron chi connectivity index (χ1n) is 9.76. The van der Waals surface area contributed by atoms with Crippen LogP contribution in [0.1, 0.15) is 16.7 Å². The number of carbonyl (C=O) groups excluding carboxylic acids is 3. The zero-order chi connectivity index (χ0) is 22.8. The summed E-state index contributed by atoms with van der Waals surface area (Å²) in [5.74, 6) is -1.84. The Morgan fingerprint density at radius 2 is 1.50 bits per heavy atom. The number of amides is 2. The van der Waals surface area contributed by atoms with Crippen LogP contribution in [0.2, 0.25) is 0 Å². The highest BCUT2D eigenvalue weighted by Gasteiger charge is 2.13. The molecule has 0 heterocycles. The minimum atomic E-state index is -0.889. The lowest BCUT2D eigenvalue weighted by molar-refractivity contribution is -0.136. The molecule has 0 aromatic heterocycles. The average molecular weight is 427 g/mol. The molecule has 7 heteroatoms. The summed E-state index contributed by atoms with van der Waals surface area (Å²) >= 11 is 0. The number of hydrazone groups is 1. The van der Waals surface area contributed by atoms with E-state index >= 15 is 0 Å². The Labute approximate surface area is 185 Å². The highest BCUT2D eigenvalue weighted by molar-refractivity contribution is 6.39. The van der Waals surface area contributed by atoms with Crippen molar-refractivity contribution in [3.63, 3.8) is 0 Å². The molecule has 3 rings (SSSR count). The van der Waals surface area contributed by atoms with Gasteiger partial charge >= 0.3 is 17.8 Å². The smallest absolute Gasteiger partial charge is 0.336 e. The fraction of sp³-hybridized carbons (Fsp3) is 0.0400. The van der Waals surface area contributed by atoms with Crippen LogP contribution in [0.15, 0.2) is 90.0 Å². The number of nitrogens with one attached hydrogen (secondary N) is 2. The highest BCUT2D eigenvalue weighted by Crippen LogP contribution is 2.13. The Bertz CT molecular complexity index is 1150. The predicted octanol–water partition coefficient (Wildman–Crippen LogP) is 3.70. The number of hydrogen-bond donors (Lipinski definition) is 2. The van der Waals surface area contributed by atoms with E-state index in [1.807, 2.05) is 49.4 Å². The first-order chi connectivity index (χ1) is 15.5. The summed E-state index contributed by atoms with van der Waals surface area (Å²) in [6.07, 6.45) is 4.39. The van der Waals surface area contributed by atoms with Crippen molar-refractivity contribution in [1.82, 2.24) is 5.43 Å². The number of para-hydroxylation sites is 1. The lowest BCUT2D eigenvalue weighted by atomic mass is 10.2. The summed E-state index contributed by atoms with van der Waals surface area (Å²) in [7, 11) is 0. The van der Waals surface area contributed by atoms with Gasteiger partial charge in [0.2, 0.25) is 0 Å². The molecule has 0 spiro atoms. The van der Waals surface area contributed by atoms with Gasteiger partial charge in [-0.15, -0.1) is 0 Å². The van der Waals surface area contributed by atoms with Gasteiger partial charge in [-0.3, -0.25) is 9.59 Å². The molecule has 0 aliphatic carbocycles. The van der Waals surface area contributed by atoms with Gasteiger partial charge in [0.05, 0.1) is 6.21 Å². The van der Waals surface area contributed by atoms with E-state index in [-0.39, 0.29) is 0 Å². The minimum absolute atomic E-state index is 0.367. The zero-order valence-corrected chi connectivity index (χ0v) is 17.3. The fourth-order valence-corrected chi connectivity index (χ4v) is 2.61. The number of nitrogens with zero attached hydrogens (tertiary/aromatic N) is 1. The number of ether oxygens (including phenoxy) is 1. The van der Waals surface area contributed by atoms with Gasteiger partial charge in [0.15, 0.2) is 0 Å². The van der Waals surface area contributed by atoms with Gasteiger partial charge in [0.25, 0.3) is 0 Å². The van der Waals surface area contributed by atoms with Gasteiger partial charge in [-0.2, -0.15) is 5.10 Å². The normalized spacial score (nSPS) is 10.8. The maximum absolute atomic E-state index is 11.9. The van der Waals surface area contributed by atoms with E-state index in [2.05, 4.69) is 15.8 Å². The van der Waals surface area contributed by atoms with Crippen molar-refractivity contribution in [2.75, 3.05) is 5.32 Å². The molecule has 0 aliphatic heterocycles. The summed E-state index contributed by atoms with van der Waals surface area (Å²) in [5.41, 5.74) is 5.11. The third-order valence-electron chi connectivity index (χ3n) is 4.29. The second kappa shape index (κ2) is 11.0. The lowest BCUT2D eigenvalue weighted by Gasteiger charge is -2.06. The van der Waals surface area contributed by atoms with Gasteiger partial charge in [0.1, 0.15) is 5.75 Å². The second-order valence-electron chi connectivity index (χ2n) is 6.70. The van der Waals surface area contributed by atoms with Crippen LogP contribution in [0.3, 0.4) is 0 Å². The summed E-state index contributed by atoms with van der Waals surface area (Å²) < 4.78 is 5.24. The van der Waals surface area contributed by atoms with Gasteiger partial charge in [-0.05, 0) is 60.0 Å². The molecule has 3 aromatic carbocycles. The highest BCUT2D eigenvalue weighted by atomic mass is 16.5. The second-order valence-corrected chi connectivity index (χ2v) is 6.70. The Morgan fingerprint density at radius 1 is 0.812 bits per heavy atom. The maximum atomic E-state index is 11.9. The predicted molar refractivity (Wildman–Crippen MR) is 123 cm³/mol. The topological polar surface area (TPSA) is 96.9 Å². The molecule has 7 nitrogen and oxygen atoms in total. The molecule has 32 heavy (non-hydrogen) atoms. The number of benzene rings is 3. The van der Waals surface area contributed by atoms with Crippen LogP contribution in [-0.2, 0) is 14.4 Å². The van der Waals surface area contributed by atoms with Crippen molar-refractivity contribution in [2.45, 2.75) is 6.92 Å². The number of hydrogen-bond acceptors (Lipinski definition) is 5. The molecule has 3 aromatic rings. The standard InChI is InChI=1S/C25H21N3O4/c1-18-7-5-6-10-22(18)27-24(30)25(31)28-26-17-20-11-14-21(15-12-20)32-23(29)16-13-19-8-3-2-4-9-19/h2-17H,1H3,(H,27,30)(H,28,31)/b16-13+,26-17-. The molecule has 2 amide bonds. The fourth-order valence-electron chi connectivity index (χ4n) is 2.61. The van der Waals surface area contributed by atoms with Crippen LogP contribution in [-0.4, -0.2) is 24.0 Å². The maximum Gasteiger partial charge on any atom is 0.336 e. The summed E-state index contributed by atoms with van der Waals surface area (Å²) in [6, 6.07) is 23.1. The largest absolute Gasteiger partial charge is 0.423 e. The number of carbonyl (C=O) groups is 3. The van der Waals surface area contributed by atoms with E-state index in [1.165, 1.54) is 12.3 Å². The van der Waals surface area contributed by atoms with E-state index < -0.39 is 17.8 Å². The van der Waals surface area contributed by atoms with Gasteiger partial charge < -0.3 is 10.1 Å². The van der Waals surface area contributed by atoms with E-state index in [9.17, 15) is 14.4 Å². The molecule has 0 radical (unpaired) electrons. The first kappa shape index (κ1) is 22.2. The van der Waals surface area contributed by atoms with E-state index in [0.717, 1.165) is 11.1 Å². The van der Waals surface area contributed by atoms with Crippen LogP contribution in [0.5, 0.6) is 5.75 Å². The molecule has 0 atom stereocenters. The summed E-state index contributed by atoms with van der Waals surface area (Å²) in [4.78, 5) is 35.7. The number of aryl methyl sites for hydroxylation is 1. The molecule has 0 saturated heterocycles. The Hall–Kier alpha value is -4.52. The molecule has 0 saturated carbocycles. The molecule has 0 bridgehead atoms. The summed E-state index contributed by atoms with van der Waals surface area (Å²) in [5, 5.41) is 6.30. The molecule has 0 aliphatic rings. The lowest BCUT2D eigenvalue weighted by Crippen LogP contribution is -2.32. The molecule has 0 unspecified atom stereocenters. The van der Waals surface area contributed by atoms with Crippen LogP contribution in [0.25, 0.3) is 6.08 Å². The molecule has 0 fully saturated rings. The molecule has 2 N–H and O–H groups in total. The van der Waals surface area contributed by atoms with Crippen molar-refractivity contribution in [2.24, 2.45) is 5.10 Å². The van der Waals surface area contributed by atoms with Crippen LogP contribution in [0, 0.1) is 6.92 Å². The van der Waals surface area contributed by atoms with Crippen molar-refractivity contribution < 1.29 is 19.1 Å². The van der Waals surface area contributed by atoms with Crippen molar-refractivity contribution >= 4 is 35.8 Å². The van der Waals surface area contributed by atoms with Crippen molar-refractivity contribution in [1.29, 1.82) is 0 Å². The van der Waals surface area contributed by atoms with Crippen LogP contribution < -0.4 is 15.5 Å². The average Bonchev–Trinajstić information content (AvgIpc) is 2.81. The minimum Gasteiger partial charge on any atom is -0.423 e. The van der Waals surface area contributed by atoms with Crippen LogP contribution >= 0.6 is 0 Å². The van der Waals surface area contributed by atoms with Crippen molar-refractivity contribution in [3.8, 4) is 5.75 Å². The Balaban J connectivity index is 1.48. The van der Waals surface area contributed by atoms with E-state index in [1.54, 1.807) is 42.5 Å². The van der Waals surface area contributed by atoms with Crippen molar-refractivity contribution in [3.05, 3.63) is 102 Å². The molecule has 160 valence electrons. The van der Waals surface area contributed by atoms with Gasteiger partial charge in [-0.1, -0.05) is 48.5 Å². The number of anilines is 1. The third-order valence-corrected chi connectivity index (χ3v) is 4.29. The first-order valence-corrected chi connectivity index (χ1v) is 9.76. The SMILES string of the molecule is Cc1ccccc1NC(=O)C(=O)N/N=C\c1ccc(OC(=O)/C=C/c2ccccc2)cc1. The van der Waals surface area contributed by atoms with Gasteiger partial charge in [0, 0.05) is 11.8 Å². The monoisotopic (exact) mass is 427 g/mol. The Morgan fingerprint density at radius 3 is 2.22 bits per heavy atom. The van der Waals surface area contributed by atoms with E-state index in [0.29, 0.717) is 17.0 Å². The number of rotatable bonds is 6. The quantitative estimate of drug-likeness (QED) is 0.157. The van der Waals surface area contributed by atoms with Gasteiger partial charge in [-0.25, -0.2) is 10.2 Å². The number of esters is 1. The Kier molecular flexibility index (Phi) is 7.64. The molecular weight excluding hydrogens is 406 g/mol.